The number of hydrogen-bond acceptors (Lipinski definition) is 6. The second-order valence-corrected chi connectivity index (χ2v) is 9.40. The Labute approximate surface area is 217 Å². The minimum atomic E-state index is -0.546. The maximum Gasteiger partial charge on any atom is 0.274 e. The average molecular weight is 517 g/mol. The van der Waals surface area contributed by atoms with E-state index in [1.807, 2.05) is 6.08 Å². The van der Waals surface area contributed by atoms with Crippen LogP contribution in [0.25, 0.3) is 6.08 Å². The van der Waals surface area contributed by atoms with Crippen LogP contribution in [0.4, 0.5) is 11.4 Å². The molecule has 1 amide bonds. The largest absolute Gasteiger partial charge is 0.274 e. The summed E-state index contributed by atoms with van der Waals surface area (Å²) >= 11 is 6.14. The number of non-ortho nitro benzene ring substituents is 2. The summed E-state index contributed by atoms with van der Waals surface area (Å²) in [6, 6.07) is 18.6. The van der Waals surface area contributed by atoms with Crippen LogP contribution >= 0.6 is 11.6 Å². The van der Waals surface area contributed by atoms with E-state index in [9.17, 15) is 25.0 Å². The van der Waals surface area contributed by atoms with Gasteiger partial charge in [0.25, 0.3) is 17.3 Å². The van der Waals surface area contributed by atoms with Crippen molar-refractivity contribution >= 4 is 40.7 Å². The van der Waals surface area contributed by atoms with Crippen LogP contribution in [-0.4, -0.2) is 26.5 Å². The molecule has 2 atom stereocenters. The number of amides is 1. The number of halogens is 1. The fourth-order valence-corrected chi connectivity index (χ4v) is 5.20. The maximum atomic E-state index is 13.7. The van der Waals surface area contributed by atoms with E-state index >= 15 is 0 Å². The molecule has 0 spiro atoms. The zero-order valence-corrected chi connectivity index (χ0v) is 20.2. The number of carbonyl (C=O) groups excluding carboxylic acids is 1. The molecule has 186 valence electrons. The van der Waals surface area contributed by atoms with E-state index in [1.54, 1.807) is 48.5 Å². The SMILES string of the molecule is O=C(c1cccc(Cl)c1)N1N=C2/C(=C/c3cccc([N+](=O)[O-])c3)CCC[C@H]2[C@@H]1c1cccc([N+](=O)[O-])c1. The van der Waals surface area contributed by atoms with Crippen molar-refractivity contribution in [2.24, 2.45) is 11.0 Å². The zero-order valence-electron chi connectivity index (χ0n) is 19.5. The molecule has 9 nitrogen and oxygen atoms in total. The summed E-state index contributed by atoms with van der Waals surface area (Å²) in [4.78, 5) is 35.5. The van der Waals surface area contributed by atoms with E-state index in [4.69, 9.17) is 16.7 Å². The van der Waals surface area contributed by atoms with Crippen molar-refractivity contribution < 1.29 is 14.6 Å². The van der Waals surface area contributed by atoms with Crippen molar-refractivity contribution in [3.63, 3.8) is 0 Å². The highest BCUT2D eigenvalue weighted by atomic mass is 35.5. The minimum Gasteiger partial charge on any atom is -0.267 e. The van der Waals surface area contributed by atoms with Crippen LogP contribution in [0.5, 0.6) is 0 Å². The number of hydrogen-bond donors (Lipinski definition) is 0. The van der Waals surface area contributed by atoms with Gasteiger partial charge in [0.05, 0.1) is 21.6 Å². The maximum absolute atomic E-state index is 13.7. The summed E-state index contributed by atoms with van der Waals surface area (Å²) in [6.07, 6.45) is 4.11. The quantitative estimate of drug-likeness (QED) is 0.280. The molecule has 1 fully saturated rings. The van der Waals surface area contributed by atoms with Gasteiger partial charge in [0.15, 0.2) is 0 Å². The first-order valence-electron chi connectivity index (χ1n) is 11.7. The van der Waals surface area contributed by atoms with Crippen LogP contribution in [0.15, 0.2) is 83.5 Å². The number of carbonyl (C=O) groups is 1. The zero-order chi connectivity index (χ0) is 26.1. The Morgan fingerprint density at radius 2 is 1.68 bits per heavy atom. The second kappa shape index (κ2) is 9.94. The van der Waals surface area contributed by atoms with Crippen molar-refractivity contribution in [1.82, 2.24) is 5.01 Å². The molecule has 10 heteroatoms. The fourth-order valence-electron chi connectivity index (χ4n) is 5.01. The molecule has 0 unspecified atom stereocenters. The molecule has 1 aliphatic carbocycles. The molecule has 1 aliphatic heterocycles. The smallest absolute Gasteiger partial charge is 0.267 e. The lowest BCUT2D eigenvalue weighted by Gasteiger charge is -2.29. The average Bonchev–Trinajstić information content (AvgIpc) is 3.29. The van der Waals surface area contributed by atoms with Gasteiger partial charge in [-0.25, -0.2) is 5.01 Å². The highest BCUT2D eigenvalue weighted by molar-refractivity contribution is 6.31. The van der Waals surface area contributed by atoms with Crippen molar-refractivity contribution in [2.75, 3.05) is 0 Å². The third-order valence-corrected chi connectivity index (χ3v) is 6.86. The first kappa shape index (κ1) is 24.3. The number of hydrazone groups is 1. The van der Waals surface area contributed by atoms with Crippen molar-refractivity contribution in [2.45, 2.75) is 25.3 Å². The van der Waals surface area contributed by atoms with Gasteiger partial charge in [0.2, 0.25) is 0 Å². The van der Waals surface area contributed by atoms with E-state index in [1.165, 1.54) is 29.3 Å². The molecule has 0 saturated heterocycles. The van der Waals surface area contributed by atoms with Gasteiger partial charge < -0.3 is 0 Å². The van der Waals surface area contributed by atoms with Crippen LogP contribution in [0.2, 0.25) is 5.02 Å². The predicted molar refractivity (Wildman–Crippen MR) is 139 cm³/mol. The van der Waals surface area contributed by atoms with E-state index in [0.717, 1.165) is 18.4 Å². The Hall–Kier alpha value is -4.37. The molecule has 1 heterocycles. The Balaban J connectivity index is 1.60. The molecular weight excluding hydrogens is 496 g/mol. The molecule has 0 radical (unpaired) electrons. The number of nitro benzene ring substituents is 2. The molecule has 5 rings (SSSR count). The van der Waals surface area contributed by atoms with Crippen LogP contribution in [0.1, 0.15) is 46.8 Å². The predicted octanol–water partition coefficient (Wildman–Crippen LogP) is 6.59. The number of fused-ring (bicyclic) bond motifs is 1. The third-order valence-electron chi connectivity index (χ3n) is 6.63. The number of benzene rings is 3. The van der Waals surface area contributed by atoms with Gasteiger partial charge in [-0.15, -0.1) is 0 Å². The summed E-state index contributed by atoms with van der Waals surface area (Å²) in [5.74, 6) is -0.556. The monoisotopic (exact) mass is 516 g/mol. The topological polar surface area (TPSA) is 119 Å². The lowest BCUT2D eigenvalue weighted by atomic mass is 9.77. The highest BCUT2D eigenvalue weighted by Gasteiger charge is 2.44. The molecule has 37 heavy (non-hydrogen) atoms. The lowest BCUT2D eigenvalue weighted by Crippen LogP contribution is -2.32. The van der Waals surface area contributed by atoms with Gasteiger partial charge in [-0.05, 0) is 60.2 Å². The summed E-state index contributed by atoms with van der Waals surface area (Å²) in [7, 11) is 0. The summed E-state index contributed by atoms with van der Waals surface area (Å²) in [5.41, 5.74) is 3.16. The number of nitro groups is 2. The minimum absolute atomic E-state index is 0.0118. The van der Waals surface area contributed by atoms with E-state index in [0.29, 0.717) is 33.8 Å². The van der Waals surface area contributed by atoms with E-state index in [-0.39, 0.29) is 23.2 Å². The molecule has 3 aromatic rings. The normalized spacial score (nSPS) is 19.9. The van der Waals surface area contributed by atoms with Gasteiger partial charge in [-0.3, -0.25) is 25.0 Å². The van der Waals surface area contributed by atoms with Gasteiger partial charge in [0.1, 0.15) is 0 Å². The standard InChI is InChI=1S/C27H21ClN4O5/c28-21-9-2-8-20(15-21)27(33)30-26(19-7-3-11-23(16-19)32(36)37)24-12-4-6-18(25(24)29-30)13-17-5-1-10-22(14-17)31(34)35/h1-3,5,7-11,13-16,24,26H,4,6,12H2/b18-13+/t24-,26+/m1/s1. The number of rotatable bonds is 5. The van der Waals surface area contributed by atoms with Crippen LogP contribution < -0.4 is 0 Å². The molecular formula is C27H21ClN4O5. The Kier molecular flexibility index (Phi) is 6.54. The molecule has 3 aromatic carbocycles. The Morgan fingerprint density at radius 1 is 0.973 bits per heavy atom. The molecule has 1 saturated carbocycles. The van der Waals surface area contributed by atoms with Crippen molar-refractivity contribution in [1.29, 1.82) is 0 Å². The first-order chi connectivity index (χ1) is 17.8. The summed E-state index contributed by atoms with van der Waals surface area (Å²) < 4.78 is 0. The highest BCUT2D eigenvalue weighted by Crippen LogP contribution is 2.45. The Bertz CT molecular complexity index is 1480. The van der Waals surface area contributed by atoms with Crippen molar-refractivity contribution in [3.8, 4) is 0 Å². The molecule has 0 bridgehead atoms. The fraction of sp³-hybridized carbons (Fsp3) is 0.185. The number of nitrogens with zero attached hydrogens (tertiary/aromatic N) is 4. The molecule has 0 N–H and O–H groups in total. The molecule has 0 aromatic heterocycles. The Morgan fingerprint density at radius 3 is 2.41 bits per heavy atom. The van der Waals surface area contributed by atoms with Gasteiger partial charge >= 0.3 is 0 Å². The summed E-state index contributed by atoms with van der Waals surface area (Å²) in [6.45, 7) is 0. The van der Waals surface area contributed by atoms with Crippen molar-refractivity contribution in [3.05, 3.63) is 120 Å². The second-order valence-electron chi connectivity index (χ2n) is 8.96. The summed E-state index contributed by atoms with van der Waals surface area (Å²) in [5, 5.41) is 29.3. The van der Waals surface area contributed by atoms with Crippen LogP contribution in [-0.2, 0) is 0 Å². The van der Waals surface area contributed by atoms with Crippen LogP contribution in [0, 0.1) is 26.1 Å². The van der Waals surface area contributed by atoms with E-state index < -0.39 is 15.9 Å². The molecule has 2 aliphatic rings. The first-order valence-corrected chi connectivity index (χ1v) is 12.1. The lowest BCUT2D eigenvalue weighted by molar-refractivity contribution is -0.385. The van der Waals surface area contributed by atoms with Gasteiger partial charge in [-0.2, -0.15) is 5.10 Å². The van der Waals surface area contributed by atoms with E-state index in [2.05, 4.69) is 0 Å². The van der Waals surface area contributed by atoms with Crippen LogP contribution in [0.3, 0.4) is 0 Å². The number of allylic oxidation sites excluding steroid dienone is 1. The van der Waals surface area contributed by atoms with Gasteiger partial charge in [0, 0.05) is 40.8 Å². The van der Waals surface area contributed by atoms with Gasteiger partial charge in [-0.1, -0.05) is 41.9 Å². The third kappa shape index (κ3) is 4.85.